The van der Waals surface area contributed by atoms with Crippen molar-refractivity contribution in [2.45, 2.75) is 143 Å². The van der Waals surface area contributed by atoms with Crippen molar-refractivity contribution in [3.05, 3.63) is 11.1 Å². The van der Waals surface area contributed by atoms with Gasteiger partial charge in [0.25, 0.3) is 0 Å². The predicted octanol–water partition coefficient (Wildman–Crippen LogP) is 7.02. The summed E-state index contributed by atoms with van der Waals surface area (Å²) >= 11 is 0. The molecule has 0 aromatic carbocycles. The summed E-state index contributed by atoms with van der Waals surface area (Å²) in [4.78, 5) is 25.8. The van der Waals surface area contributed by atoms with Gasteiger partial charge >= 0.3 is 35.8 Å². The Balaban J connectivity index is 0. The molecule has 0 aromatic heterocycles. The molecule has 0 aliphatic heterocycles. The Bertz CT molecular complexity index is 458. The zero-order valence-corrected chi connectivity index (χ0v) is 21.8. The molecule has 0 heterocycles. The van der Waals surface area contributed by atoms with Crippen molar-refractivity contribution < 1.29 is 19.1 Å². The maximum absolute atomic E-state index is 12.9. The van der Waals surface area contributed by atoms with Gasteiger partial charge in [-0.3, -0.25) is 0 Å². The van der Waals surface area contributed by atoms with E-state index < -0.39 is 0 Å². The second-order valence-electron chi connectivity index (χ2n) is 8.97. The van der Waals surface area contributed by atoms with Crippen LogP contribution in [0.15, 0.2) is 11.1 Å². The zero-order chi connectivity index (χ0) is 23.9. The van der Waals surface area contributed by atoms with Crippen LogP contribution in [0, 0.1) is 0 Å². The first-order valence-electron chi connectivity index (χ1n) is 13.7. The van der Waals surface area contributed by atoms with Crippen LogP contribution >= 0.6 is 0 Å². The second-order valence-corrected chi connectivity index (χ2v) is 8.97. The summed E-state index contributed by atoms with van der Waals surface area (Å²) in [7, 11) is 0. The summed E-state index contributed by atoms with van der Waals surface area (Å²) in [6, 6.07) is 0. The van der Waals surface area contributed by atoms with E-state index in [1.54, 1.807) is 0 Å². The Morgan fingerprint density at radius 3 is 1.09 bits per heavy atom. The first-order valence-corrected chi connectivity index (χ1v) is 13.7. The summed E-state index contributed by atoms with van der Waals surface area (Å²) in [6.45, 7) is 9.49. The number of carbonyl (C=O) groups is 2. The zero-order valence-electron chi connectivity index (χ0n) is 21.8. The van der Waals surface area contributed by atoms with Crippen LogP contribution in [0.4, 0.5) is 0 Å². The minimum absolute atomic E-state index is 0. The van der Waals surface area contributed by atoms with Crippen molar-refractivity contribution in [3.8, 4) is 0 Å². The fourth-order valence-corrected chi connectivity index (χ4v) is 3.73. The molecule has 0 rings (SSSR count). The normalized spacial score (nSPS) is 11.5. The van der Waals surface area contributed by atoms with Crippen LogP contribution in [0.25, 0.3) is 0 Å². The van der Waals surface area contributed by atoms with Crippen LogP contribution in [0.3, 0.4) is 0 Å². The molecule has 5 heteroatoms. The number of unbranched alkanes of at least 4 members (excludes halogenated alkanes) is 12. The van der Waals surface area contributed by atoms with Gasteiger partial charge in [-0.05, 0) is 38.5 Å². The molecule has 0 amide bonds. The average molecular weight is 575 g/mol. The topological polar surface area (TPSA) is 52.6 Å². The molecule has 0 aliphatic carbocycles. The summed E-state index contributed by atoms with van der Waals surface area (Å²) < 4.78 is 11.2. The predicted molar refractivity (Wildman–Crippen MR) is 146 cm³/mol. The molecule has 33 heavy (non-hydrogen) atoms. The molecule has 0 radical (unpaired) electrons. The first kappa shape index (κ1) is 34.6. The van der Waals surface area contributed by atoms with Crippen molar-refractivity contribution in [2.24, 2.45) is 0 Å². The molecule has 0 aromatic rings. The molecule has 0 unspecified atom stereocenters. The number of hydrogen-bond acceptors (Lipinski definition) is 4. The summed E-state index contributed by atoms with van der Waals surface area (Å²) in [5.74, 6) is -0.621. The van der Waals surface area contributed by atoms with Gasteiger partial charge in [-0.25, -0.2) is 9.59 Å². The van der Waals surface area contributed by atoms with E-state index in [1.807, 2.05) is 0 Å². The van der Waals surface area contributed by atoms with E-state index in [4.69, 9.17) is 9.47 Å². The van der Waals surface area contributed by atoms with E-state index in [0.717, 1.165) is 51.4 Å². The third-order valence-corrected chi connectivity index (χ3v) is 5.88. The molecular formula is C28H56O4Sn. The van der Waals surface area contributed by atoms with Gasteiger partial charge in [0.15, 0.2) is 0 Å². The second kappa shape index (κ2) is 26.1. The van der Waals surface area contributed by atoms with E-state index in [9.17, 15) is 9.59 Å². The standard InChI is InChI=1S/C28H52O4.Sn.4H/c1-5-9-13-15-17-19-23-31-27(29)25(21-11-7-3)26(22-12-8-4)28(30)32-24-20-18-16-14-10-6-2;;;;;/h5-24H2,1-4H3;;;;;/b26-25-;;;;;. The van der Waals surface area contributed by atoms with E-state index in [1.165, 1.54) is 51.4 Å². The quantitative estimate of drug-likeness (QED) is 0.0603. The van der Waals surface area contributed by atoms with Gasteiger partial charge in [0.05, 0.1) is 13.2 Å². The van der Waals surface area contributed by atoms with Crippen molar-refractivity contribution in [1.29, 1.82) is 0 Å². The van der Waals surface area contributed by atoms with Crippen LogP contribution in [-0.2, 0) is 19.1 Å². The fourth-order valence-electron chi connectivity index (χ4n) is 3.73. The minimum atomic E-state index is -0.311. The SMILES string of the molecule is CCCCCCCCOC(=O)/C(CCCC)=C(/CCCC)C(=O)OCCCCCCCC.[SnH4]. The Hall–Kier alpha value is -0.521. The summed E-state index contributed by atoms with van der Waals surface area (Å²) in [5.41, 5.74) is 1.11. The van der Waals surface area contributed by atoms with Crippen molar-refractivity contribution in [3.63, 3.8) is 0 Å². The van der Waals surface area contributed by atoms with E-state index in [2.05, 4.69) is 27.7 Å². The van der Waals surface area contributed by atoms with Gasteiger partial charge in [0, 0.05) is 11.1 Å². The van der Waals surface area contributed by atoms with Crippen molar-refractivity contribution >= 4 is 35.8 Å². The van der Waals surface area contributed by atoms with Crippen LogP contribution in [0.2, 0.25) is 0 Å². The monoisotopic (exact) mass is 576 g/mol. The number of esters is 2. The third kappa shape index (κ3) is 19.5. The molecule has 196 valence electrons. The number of carbonyl (C=O) groups excluding carboxylic acids is 2. The van der Waals surface area contributed by atoms with E-state index in [-0.39, 0.29) is 35.8 Å². The molecule has 0 fully saturated rings. The van der Waals surface area contributed by atoms with Gasteiger partial charge in [-0.2, -0.15) is 0 Å². The molecule has 0 bridgehead atoms. The Labute approximate surface area is 222 Å². The molecule has 4 nitrogen and oxygen atoms in total. The Morgan fingerprint density at radius 1 is 0.455 bits per heavy atom. The van der Waals surface area contributed by atoms with Gasteiger partial charge in [-0.1, -0.05) is 105 Å². The van der Waals surface area contributed by atoms with Crippen LogP contribution in [0.5, 0.6) is 0 Å². The summed E-state index contributed by atoms with van der Waals surface area (Å²) in [6.07, 6.45) is 18.7. The number of hydrogen-bond donors (Lipinski definition) is 0. The van der Waals surface area contributed by atoms with Crippen LogP contribution < -0.4 is 0 Å². The van der Waals surface area contributed by atoms with Gasteiger partial charge in [0.1, 0.15) is 0 Å². The molecule has 0 saturated carbocycles. The Kier molecular flexibility index (Phi) is 27.4. The van der Waals surface area contributed by atoms with E-state index in [0.29, 0.717) is 37.2 Å². The van der Waals surface area contributed by atoms with Gasteiger partial charge < -0.3 is 9.47 Å². The molecular weight excluding hydrogens is 519 g/mol. The number of ether oxygens (including phenoxy) is 2. The van der Waals surface area contributed by atoms with Gasteiger partial charge in [-0.15, -0.1) is 0 Å². The van der Waals surface area contributed by atoms with E-state index >= 15 is 0 Å². The van der Waals surface area contributed by atoms with Crippen LogP contribution in [-0.4, -0.2) is 49.1 Å². The molecule has 0 N–H and O–H groups in total. The molecule has 0 saturated heterocycles. The Morgan fingerprint density at radius 2 is 0.758 bits per heavy atom. The van der Waals surface area contributed by atoms with Gasteiger partial charge in [0.2, 0.25) is 0 Å². The first-order chi connectivity index (χ1) is 15.6. The summed E-state index contributed by atoms with van der Waals surface area (Å²) in [5, 5.41) is 0. The third-order valence-electron chi connectivity index (χ3n) is 5.88. The molecule has 0 spiro atoms. The average Bonchev–Trinajstić information content (AvgIpc) is 2.79. The van der Waals surface area contributed by atoms with Crippen molar-refractivity contribution in [1.82, 2.24) is 0 Å². The fraction of sp³-hybridized carbons (Fsp3) is 0.857. The number of rotatable bonds is 22. The molecule has 0 atom stereocenters. The molecule has 0 aliphatic rings. The van der Waals surface area contributed by atoms with Crippen LogP contribution in [0.1, 0.15) is 143 Å². The van der Waals surface area contributed by atoms with Crippen molar-refractivity contribution in [2.75, 3.05) is 13.2 Å². The maximum atomic E-state index is 12.9.